The van der Waals surface area contributed by atoms with E-state index < -0.39 is 0 Å². The molecule has 0 aromatic heterocycles. The van der Waals surface area contributed by atoms with E-state index in [0.717, 1.165) is 16.9 Å². The molecule has 2 aliphatic heterocycles. The van der Waals surface area contributed by atoms with Crippen LogP contribution in [0.4, 0.5) is 0 Å². The van der Waals surface area contributed by atoms with E-state index in [-0.39, 0.29) is 18.1 Å². The Hall–Kier alpha value is -2.74. The molecule has 28 heavy (non-hydrogen) atoms. The number of ether oxygens (including phenoxy) is 5. The Morgan fingerprint density at radius 2 is 1.75 bits per heavy atom. The highest BCUT2D eigenvalue weighted by molar-refractivity contribution is 8.00. The first-order valence-electron chi connectivity index (χ1n) is 8.74. The maximum Gasteiger partial charge on any atom is 0.234 e. The highest BCUT2D eigenvalue weighted by Crippen LogP contribution is 2.46. The molecule has 7 nitrogen and oxygen atoms in total. The summed E-state index contributed by atoms with van der Waals surface area (Å²) in [5, 5.41) is -0.147. The summed E-state index contributed by atoms with van der Waals surface area (Å²) in [7, 11) is 4.73. The Morgan fingerprint density at radius 3 is 2.43 bits per heavy atom. The minimum Gasteiger partial charge on any atom is -0.493 e. The predicted molar refractivity (Wildman–Crippen MR) is 104 cm³/mol. The van der Waals surface area contributed by atoms with Crippen molar-refractivity contribution in [1.29, 1.82) is 0 Å². The van der Waals surface area contributed by atoms with E-state index in [1.165, 1.54) is 0 Å². The van der Waals surface area contributed by atoms with E-state index in [4.69, 9.17) is 23.7 Å². The van der Waals surface area contributed by atoms with Gasteiger partial charge in [0.25, 0.3) is 0 Å². The van der Waals surface area contributed by atoms with Crippen molar-refractivity contribution in [2.45, 2.75) is 11.9 Å². The summed E-state index contributed by atoms with van der Waals surface area (Å²) in [6, 6.07) is 9.54. The van der Waals surface area contributed by atoms with Crippen LogP contribution in [0.3, 0.4) is 0 Å². The minimum absolute atomic E-state index is 0.0846. The van der Waals surface area contributed by atoms with Gasteiger partial charge in [0, 0.05) is 6.54 Å². The molecule has 1 fully saturated rings. The molecule has 4 rings (SSSR count). The lowest BCUT2D eigenvalue weighted by atomic mass is 10.1. The van der Waals surface area contributed by atoms with Gasteiger partial charge in [0.05, 0.1) is 27.1 Å². The van der Waals surface area contributed by atoms with Gasteiger partial charge in [-0.05, 0) is 35.4 Å². The molecule has 8 heteroatoms. The van der Waals surface area contributed by atoms with E-state index in [1.807, 2.05) is 35.2 Å². The van der Waals surface area contributed by atoms with Crippen molar-refractivity contribution in [2.24, 2.45) is 0 Å². The van der Waals surface area contributed by atoms with Crippen molar-refractivity contribution in [2.75, 3.05) is 33.9 Å². The van der Waals surface area contributed by atoms with Crippen LogP contribution in [0.5, 0.6) is 28.7 Å². The van der Waals surface area contributed by atoms with E-state index in [9.17, 15) is 4.79 Å². The molecule has 1 atom stereocenters. The number of methoxy groups -OCH3 is 3. The molecular weight excluding hydrogens is 382 g/mol. The molecule has 2 aromatic rings. The Morgan fingerprint density at radius 1 is 1.04 bits per heavy atom. The highest BCUT2D eigenvalue weighted by Gasteiger charge is 2.34. The first-order valence-corrected chi connectivity index (χ1v) is 9.79. The smallest absolute Gasteiger partial charge is 0.234 e. The number of carbonyl (C=O) groups excluding carboxylic acids is 1. The van der Waals surface area contributed by atoms with Crippen LogP contribution in [-0.2, 0) is 11.3 Å². The second-order valence-corrected chi connectivity index (χ2v) is 7.40. The fourth-order valence-electron chi connectivity index (χ4n) is 3.38. The van der Waals surface area contributed by atoms with Crippen LogP contribution in [0.1, 0.15) is 16.5 Å². The molecule has 1 saturated heterocycles. The molecule has 1 amide bonds. The average Bonchev–Trinajstić information content (AvgIpc) is 3.33. The maximum absolute atomic E-state index is 12.6. The third-order valence-electron chi connectivity index (χ3n) is 4.73. The van der Waals surface area contributed by atoms with Crippen LogP contribution in [0.2, 0.25) is 0 Å². The first kappa shape index (κ1) is 18.6. The van der Waals surface area contributed by atoms with Crippen LogP contribution in [0, 0.1) is 0 Å². The van der Waals surface area contributed by atoms with Gasteiger partial charge in [0.15, 0.2) is 23.0 Å². The van der Waals surface area contributed by atoms with Gasteiger partial charge in [0.1, 0.15) is 5.37 Å². The van der Waals surface area contributed by atoms with Gasteiger partial charge in [-0.2, -0.15) is 0 Å². The highest BCUT2D eigenvalue weighted by atomic mass is 32.2. The summed E-state index contributed by atoms with van der Waals surface area (Å²) in [6.07, 6.45) is 0. The number of amides is 1. The monoisotopic (exact) mass is 403 g/mol. The first-order chi connectivity index (χ1) is 13.6. The number of benzene rings is 2. The summed E-state index contributed by atoms with van der Waals surface area (Å²) >= 11 is 1.58. The van der Waals surface area contributed by atoms with Gasteiger partial charge in [-0.3, -0.25) is 4.79 Å². The number of rotatable bonds is 6. The number of thioether (sulfide) groups is 1. The number of fused-ring (bicyclic) bond motifs is 1. The number of nitrogens with zero attached hydrogens (tertiary/aromatic N) is 1. The van der Waals surface area contributed by atoms with E-state index in [0.29, 0.717) is 35.3 Å². The average molecular weight is 403 g/mol. The Kier molecular flexibility index (Phi) is 5.13. The summed E-state index contributed by atoms with van der Waals surface area (Å²) in [6.45, 7) is 0.704. The van der Waals surface area contributed by atoms with Crippen molar-refractivity contribution < 1.29 is 28.5 Å². The standard InChI is InChI=1S/C20H21NO6S/c1-23-16-7-13(8-17(24-2)19(16)25-3)20-21(18(22)10-28-20)9-12-4-5-14-15(6-12)27-11-26-14/h4-8,20H,9-11H2,1-3H3. The molecular formula is C20H21NO6S. The van der Waals surface area contributed by atoms with Gasteiger partial charge in [-0.1, -0.05) is 6.07 Å². The van der Waals surface area contributed by atoms with Crippen LogP contribution < -0.4 is 23.7 Å². The molecule has 0 bridgehead atoms. The SMILES string of the molecule is COc1cc(C2SCC(=O)N2Cc2ccc3c(c2)OCO3)cc(OC)c1OC. The van der Waals surface area contributed by atoms with E-state index in [1.54, 1.807) is 33.1 Å². The van der Waals surface area contributed by atoms with Crippen molar-refractivity contribution in [3.05, 3.63) is 41.5 Å². The number of carbonyl (C=O) groups is 1. The van der Waals surface area contributed by atoms with Crippen LogP contribution in [-0.4, -0.2) is 44.7 Å². The van der Waals surface area contributed by atoms with E-state index >= 15 is 0 Å². The Labute approximate surface area is 167 Å². The van der Waals surface area contributed by atoms with Crippen molar-refractivity contribution in [3.63, 3.8) is 0 Å². The molecule has 0 saturated carbocycles. The second kappa shape index (κ2) is 7.71. The predicted octanol–water partition coefficient (Wildman–Crippen LogP) is 3.22. The zero-order chi connectivity index (χ0) is 19.7. The molecule has 0 aliphatic carbocycles. The van der Waals surface area contributed by atoms with Gasteiger partial charge in [0.2, 0.25) is 18.4 Å². The lowest BCUT2D eigenvalue weighted by molar-refractivity contribution is -0.128. The normalized spacial score (nSPS) is 17.8. The van der Waals surface area contributed by atoms with Gasteiger partial charge < -0.3 is 28.6 Å². The zero-order valence-electron chi connectivity index (χ0n) is 15.9. The Balaban J connectivity index is 1.64. The van der Waals surface area contributed by atoms with E-state index in [2.05, 4.69) is 0 Å². The summed E-state index contributed by atoms with van der Waals surface area (Å²) < 4.78 is 27.1. The molecule has 2 aliphatic rings. The van der Waals surface area contributed by atoms with Crippen molar-refractivity contribution in [1.82, 2.24) is 4.90 Å². The van der Waals surface area contributed by atoms with Gasteiger partial charge in [-0.25, -0.2) is 0 Å². The van der Waals surface area contributed by atoms with Crippen molar-refractivity contribution in [3.8, 4) is 28.7 Å². The van der Waals surface area contributed by atoms with Crippen LogP contribution >= 0.6 is 11.8 Å². The van der Waals surface area contributed by atoms with Crippen LogP contribution in [0.15, 0.2) is 30.3 Å². The summed E-state index contributed by atoms with van der Waals surface area (Å²) in [5.74, 6) is 3.62. The molecule has 2 aromatic carbocycles. The number of hydrogen-bond acceptors (Lipinski definition) is 7. The molecule has 148 valence electrons. The molecule has 0 radical (unpaired) electrons. The summed E-state index contributed by atoms with van der Waals surface area (Å²) in [5.41, 5.74) is 1.91. The molecule has 1 unspecified atom stereocenters. The van der Waals surface area contributed by atoms with Crippen molar-refractivity contribution >= 4 is 17.7 Å². The van der Waals surface area contributed by atoms with Gasteiger partial charge >= 0.3 is 0 Å². The lowest BCUT2D eigenvalue weighted by Crippen LogP contribution is -2.27. The quantitative estimate of drug-likeness (QED) is 0.734. The lowest BCUT2D eigenvalue weighted by Gasteiger charge is -2.25. The fraction of sp³-hybridized carbons (Fsp3) is 0.350. The minimum atomic E-state index is -0.147. The third-order valence-corrected chi connectivity index (χ3v) is 5.99. The number of hydrogen-bond donors (Lipinski definition) is 0. The molecule has 0 spiro atoms. The summed E-state index contributed by atoms with van der Waals surface area (Å²) in [4.78, 5) is 14.4. The fourth-order valence-corrected chi connectivity index (χ4v) is 4.55. The largest absolute Gasteiger partial charge is 0.493 e. The second-order valence-electron chi connectivity index (χ2n) is 6.33. The topological polar surface area (TPSA) is 66.5 Å². The zero-order valence-corrected chi connectivity index (χ0v) is 16.7. The molecule has 2 heterocycles. The third kappa shape index (κ3) is 3.28. The van der Waals surface area contributed by atoms with Crippen LogP contribution in [0.25, 0.3) is 0 Å². The van der Waals surface area contributed by atoms with Gasteiger partial charge in [-0.15, -0.1) is 11.8 Å². The molecule has 0 N–H and O–H groups in total. The Bertz CT molecular complexity index is 877. The maximum atomic E-state index is 12.6.